The Balaban J connectivity index is 1.42. The smallest absolute Gasteiger partial charge is 0.265 e. The van der Waals surface area contributed by atoms with Crippen LogP contribution in [0.25, 0.3) is 0 Å². The fourth-order valence-electron chi connectivity index (χ4n) is 3.64. The van der Waals surface area contributed by atoms with Gasteiger partial charge in [-0.2, -0.15) is 0 Å². The number of nitrogens with one attached hydrogen (secondary N) is 1. The molecule has 0 unspecified atom stereocenters. The molecular weight excluding hydrogens is 348 g/mol. The van der Waals surface area contributed by atoms with E-state index in [-0.39, 0.29) is 24.8 Å². The Hall–Kier alpha value is -2.34. The van der Waals surface area contributed by atoms with E-state index in [2.05, 4.69) is 12.2 Å². The van der Waals surface area contributed by atoms with Gasteiger partial charge in [0.1, 0.15) is 5.75 Å². The molecule has 1 aromatic heterocycles. The molecule has 4 rings (SSSR count). The van der Waals surface area contributed by atoms with E-state index in [1.165, 1.54) is 28.8 Å². The van der Waals surface area contributed by atoms with Crippen LogP contribution >= 0.6 is 11.3 Å². The fourth-order valence-corrected chi connectivity index (χ4v) is 4.96. The van der Waals surface area contributed by atoms with Crippen LogP contribution in [0, 0.1) is 6.92 Å². The number of amides is 2. The van der Waals surface area contributed by atoms with Gasteiger partial charge in [0.25, 0.3) is 5.91 Å². The molecule has 5 nitrogen and oxygen atoms in total. The number of aryl methyl sites for hydroxylation is 1. The van der Waals surface area contributed by atoms with E-state index < -0.39 is 0 Å². The summed E-state index contributed by atoms with van der Waals surface area (Å²) in [6.45, 7) is 2.47. The number of benzene rings is 1. The van der Waals surface area contributed by atoms with Crippen molar-refractivity contribution in [2.24, 2.45) is 0 Å². The third-order valence-electron chi connectivity index (χ3n) is 5.06. The van der Waals surface area contributed by atoms with Crippen molar-refractivity contribution in [1.29, 1.82) is 0 Å². The van der Waals surface area contributed by atoms with Crippen molar-refractivity contribution in [1.82, 2.24) is 0 Å². The van der Waals surface area contributed by atoms with Crippen LogP contribution in [0.15, 0.2) is 24.3 Å². The Morgan fingerprint density at radius 3 is 2.92 bits per heavy atom. The maximum Gasteiger partial charge on any atom is 0.265 e. The molecule has 0 spiro atoms. The van der Waals surface area contributed by atoms with Gasteiger partial charge >= 0.3 is 0 Å². The lowest BCUT2D eigenvalue weighted by Crippen LogP contribution is -2.40. The maximum absolute atomic E-state index is 12.5. The number of carbonyl (C=O) groups excluding carboxylic acids is 2. The summed E-state index contributed by atoms with van der Waals surface area (Å²) in [6.07, 6.45) is 4.97. The largest absolute Gasteiger partial charge is 0.482 e. The van der Waals surface area contributed by atoms with E-state index in [0.29, 0.717) is 12.3 Å². The number of carbonyl (C=O) groups is 2. The van der Waals surface area contributed by atoms with Gasteiger partial charge in [0, 0.05) is 17.8 Å². The van der Waals surface area contributed by atoms with Gasteiger partial charge in [-0.1, -0.05) is 12.1 Å². The molecule has 0 saturated heterocycles. The first-order valence-corrected chi connectivity index (χ1v) is 9.88. The summed E-state index contributed by atoms with van der Waals surface area (Å²) in [6, 6.07) is 7.43. The summed E-state index contributed by atoms with van der Waals surface area (Å²) < 4.78 is 5.44. The zero-order valence-corrected chi connectivity index (χ0v) is 15.7. The molecule has 1 aliphatic heterocycles. The predicted molar refractivity (Wildman–Crippen MR) is 103 cm³/mol. The van der Waals surface area contributed by atoms with Crippen molar-refractivity contribution in [3.05, 3.63) is 40.3 Å². The number of nitrogens with zero attached hydrogens (tertiary/aromatic N) is 1. The van der Waals surface area contributed by atoms with E-state index in [1.54, 1.807) is 16.2 Å². The first-order chi connectivity index (χ1) is 12.6. The first kappa shape index (κ1) is 17.1. The number of para-hydroxylation sites is 2. The number of thiophene rings is 1. The molecule has 2 aromatic rings. The number of hydrogen-bond acceptors (Lipinski definition) is 4. The molecule has 1 aromatic carbocycles. The lowest BCUT2D eigenvalue weighted by Gasteiger charge is -2.29. The number of fused-ring (bicyclic) bond motifs is 2. The Kier molecular flexibility index (Phi) is 4.68. The van der Waals surface area contributed by atoms with Crippen LogP contribution in [0.2, 0.25) is 0 Å². The zero-order chi connectivity index (χ0) is 18.1. The Bertz CT molecular complexity index is 859. The van der Waals surface area contributed by atoms with Crippen LogP contribution in [0.4, 0.5) is 10.7 Å². The highest BCUT2D eigenvalue weighted by atomic mass is 32.1. The van der Waals surface area contributed by atoms with E-state index in [9.17, 15) is 9.59 Å². The number of ether oxygens (including phenoxy) is 1. The molecule has 6 heteroatoms. The van der Waals surface area contributed by atoms with Gasteiger partial charge in [0.2, 0.25) is 5.91 Å². The molecule has 2 aliphatic rings. The highest BCUT2D eigenvalue weighted by Crippen LogP contribution is 2.37. The third-order valence-corrected chi connectivity index (χ3v) is 6.37. The van der Waals surface area contributed by atoms with Gasteiger partial charge in [-0.15, -0.1) is 11.3 Å². The summed E-state index contributed by atoms with van der Waals surface area (Å²) in [5, 5.41) is 4.02. The van der Waals surface area contributed by atoms with E-state index >= 15 is 0 Å². The van der Waals surface area contributed by atoms with Gasteiger partial charge in [-0.3, -0.25) is 9.59 Å². The Labute approximate surface area is 157 Å². The normalized spacial score (nSPS) is 15.9. The molecule has 26 heavy (non-hydrogen) atoms. The summed E-state index contributed by atoms with van der Waals surface area (Å²) in [7, 11) is 0. The van der Waals surface area contributed by atoms with Crippen molar-refractivity contribution >= 4 is 33.8 Å². The molecule has 136 valence electrons. The highest BCUT2D eigenvalue weighted by molar-refractivity contribution is 7.16. The van der Waals surface area contributed by atoms with Gasteiger partial charge < -0.3 is 15.0 Å². The summed E-state index contributed by atoms with van der Waals surface area (Å²) in [4.78, 5) is 27.7. The van der Waals surface area contributed by atoms with Crippen LogP contribution in [0.3, 0.4) is 0 Å². The topological polar surface area (TPSA) is 58.6 Å². The molecule has 2 amide bonds. The lowest BCUT2D eigenvalue weighted by atomic mass is 9.96. The molecule has 1 aliphatic carbocycles. The Morgan fingerprint density at radius 1 is 1.27 bits per heavy atom. The molecule has 1 N–H and O–H groups in total. The summed E-state index contributed by atoms with van der Waals surface area (Å²) in [5.41, 5.74) is 3.37. The molecule has 2 heterocycles. The highest BCUT2D eigenvalue weighted by Gasteiger charge is 2.26. The van der Waals surface area contributed by atoms with Gasteiger partial charge in [-0.25, -0.2) is 0 Å². The molecule has 0 bridgehead atoms. The average Bonchev–Trinajstić information content (AvgIpc) is 2.97. The second kappa shape index (κ2) is 7.11. The maximum atomic E-state index is 12.5. The minimum Gasteiger partial charge on any atom is -0.482 e. The van der Waals surface area contributed by atoms with Crippen LogP contribution < -0.4 is 15.0 Å². The minimum absolute atomic E-state index is 0.0232. The second-order valence-electron chi connectivity index (χ2n) is 6.76. The van der Waals surface area contributed by atoms with Crippen molar-refractivity contribution in [3.63, 3.8) is 0 Å². The van der Waals surface area contributed by atoms with Crippen LogP contribution in [0.1, 0.15) is 35.3 Å². The van der Waals surface area contributed by atoms with Crippen molar-refractivity contribution in [2.45, 2.75) is 39.0 Å². The monoisotopic (exact) mass is 370 g/mol. The van der Waals surface area contributed by atoms with Gasteiger partial charge in [0.05, 0.1) is 10.7 Å². The molecule has 0 radical (unpaired) electrons. The molecular formula is C20H22N2O3S. The van der Waals surface area contributed by atoms with Crippen LogP contribution in [-0.2, 0) is 22.4 Å². The zero-order valence-electron chi connectivity index (χ0n) is 14.8. The van der Waals surface area contributed by atoms with Crippen molar-refractivity contribution < 1.29 is 14.3 Å². The van der Waals surface area contributed by atoms with Crippen LogP contribution in [-0.4, -0.2) is 25.0 Å². The SMILES string of the molecule is Cc1c(NC(=O)CCN2C(=O)COc3ccccc32)sc2c1CCCC2. The van der Waals surface area contributed by atoms with Crippen molar-refractivity contribution in [2.75, 3.05) is 23.4 Å². The molecule has 0 atom stereocenters. The standard InChI is InChI=1S/C20H22N2O3S/c1-13-14-6-2-5-9-17(14)26-20(13)21-18(23)10-11-22-15-7-3-4-8-16(15)25-12-19(22)24/h3-4,7-8H,2,5-6,9-12H2,1H3,(H,21,23). The quantitative estimate of drug-likeness (QED) is 0.893. The van der Waals surface area contributed by atoms with Crippen molar-refractivity contribution in [3.8, 4) is 5.75 Å². The second-order valence-corrected chi connectivity index (χ2v) is 7.87. The number of rotatable bonds is 4. The molecule has 0 fully saturated rings. The van der Waals surface area contributed by atoms with E-state index in [4.69, 9.17) is 4.74 Å². The number of anilines is 2. The number of hydrogen-bond donors (Lipinski definition) is 1. The predicted octanol–water partition coefficient (Wildman–Crippen LogP) is 3.69. The minimum atomic E-state index is -0.112. The van der Waals surface area contributed by atoms with E-state index in [0.717, 1.165) is 23.5 Å². The van der Waals surface area contributed by atoms with Crippen LogP contribution in [0.5, 0.6) is 5.75 Å². The van der Waals surface area contributed by atoms with Gasteiger partial charge in [-0.05, 0) is 55.9 Å². The first-order valence-electron chi connectivity index (χ1n) is 9.06. The molecule has 0 saturated carbocycles. The van der Waals surface area contributed by atoms with Gasteiger partial charge in [0.15, 0.2) is 6.61 Å². The fraction of sp³-hybridized carbons (Fsp3) is 0.400. The third kappa shape index (κ3) is 3.21. The average molecular weight is 370 g/mol. The summed E-state index contributed by atoms with van der Waals surface area (Å²) >= 11 is 1.71. The Morgan fingerprint density at radius 2 is 2.08 bits per heavy atom. The van der Waals surface area contributed by atoms with E-state index in [1.807, 2.05) is 24.3 Å². The lowest BCUT2D eigenvalue weighted by molar-refractivity contribution is -0.121. The summed E-state index contributed by atoms with van der Waals surface area (Å²) in [5.74, 6) is 0.525.